The molecule has 21 heavy (non-hydrogen) atoms. The first-order valence-electron chi connectivity index (χ1n) is 8.35. The van der Waals surface area contributed by atoms with Gasteiger partial charge in [0.1, 0.15) is 0 Å². The molecule has 3 nitrogen and oxygen atoms in total. The molecule has 2 fully saturated rings. The van der Waals surface area contributed by atoms with Gasteiger partial charge in [0, 0.05) is 13.2 Å². The van der Waals surface area contributed by atoms with E-state index in [1.54, 1.807) is 0 Å². The highest BCUT2D eigenvalue weighted by molar-refractivity contribution is 5.15. The summed E-state index contributed by atoms with van der Waals surface area (Å²) < 4.78 is 5.81. The highest BCUT2D eigenvalue weighted by atomic mass is 16.5. The molecule has 0 saturated carbocycles. The summed E-state index contributed by atoms with van der Waals surface area (Å²) in [4.78, 5) is 2.62. The molecule has 2 aliphatic heterocycles. The van der Waals surface area contributed by atoms with E-state index >= 15 is 0 Å². The summed E-state index contributed by atoms with van der Waals surface area (Å²) in [7, 11) is 0. The fourth-order valence-electron chi connectivity index (χ4n) is 4.11. The van der Waals surface area contributed by atoms with Crippen molar-refractivity contribution >= 4 is 0 Å². The van der Waals surface area contributed by atoms with E-state index in [4.69, 9.17) is 10.5 Å². The van der Waals surface area contributed by atoms with E-state index in [0.29, 0.717) is 0 Å². The molecule has 2 unspecified atom stereocenters. The van der Waals surface area contributed by atoms with Crippen molar-refractivity contribution < 1.29 is 4.74 Å². The predicted molar refractivity (Wildman–Crippen MR) is 86.3 cm³/mol. The van der Waals surface area contributed by atoms with Gasteiger partial charge < -0.3 is 10.5 Å². The number of rotatable bonds is 4. The van der Waals surface area contributed by atoms with Gasteiger partial charge in [0.15, 0.2) is 0 Å². The topological polar surface area (TPSA) is 38.5 Å². The predicted octanol–water partition coefficient (Wildman–Crippen LogP) is 2.45. The normalized spacial score (nSPS) is 31.6. The molecular formula is C18H28N2O. The van der Waals surface area contributed by atoms with Gasteiger partial charge >= 0.3 is 0 Å². The number of ether oxygens (including phenoxy) is 1. The van der Waals surface area contributed by atoms with Crippen LogP contribution < -0.4 is 5.73 Å². The van der Waals surface area contributed by atoms with E-state index in [2.05, 4.69) is 42.2 Å². The summed E-state index contributed by atoms with van der Waals surface area (Å²) in [5.74, 6) is 0.816. The van der Waals surface area contributed by atoms with Crippen LogP contribution in [0.25, 0.3) is 0 Å². The van der Waals surface area contributed by atoms with Crippen molar-refractivity contribution in [3.8, 4) is 0 Å². The van der Waals surface area contributed by atoms with Crippen LogP contribution >= 0.6 is 0 Å². The molecule has 0 amide bonds. The largest absolute Gasteiger partial charge is 0.376 e. The highest BCUT2D eigenvalue weighted by Crippen LogP contribution is 2.35. The van der Waals surface area contributed by atoms with Gasteiger partial charge in [-0.3, -0.25) is 4.90 Å². The Labute approximate surface area is 128 Å². The number of benzene rings is 1. The second-order valence-electron chi connectivity index (χ2n) is 6.69. The van der Waals surface area contributed by atoms with Crippen LogP contribution in [-0.4, -0.2) is 42.8 Å². The van der Waals surface area contributed by atoms with Crippen LogP contribution in [-0.2, 0) is 11.2 Å². The summed E-state index contributed by atoms with van der Waals surface area (Å²) in [6.45, 7) is 6.11. The lowest BCUT2D eigenvalue weighted by molar-refractivity contribution is -0.00351. The van der Waals surface area contributed by atoms with Gasteiger partial charge in [0.25, 0.3) is 0 Å². The van der Waals surface area contributed by atoms with Gasteiger partial charge in [-0.15, -0.1) is 0 Å². The summed E-state index contributed by atoms with van der Waals surface area (Å²) >= 11 is 0. The molecule has 1 aromatic rings. The van der Waals surface area contributed by atoms with E-state index in [0.717, 1.165) is 25.5 Å². The SMILES string of the molecule is CC1OCCC1(CN)N1CCC(Cc2ccccc2)CC1. The van der Waals surface area contributed by atoms with Crippen LogP contribution in [0.5, 0.6) is 0 Å². The minimum Gasteiger partial charge on any atom is -0.376 e. The van der Waals surface area contributed by atoms with Gasteiger partial charge in [-0.25, -0.2) is 0 Å². The van der Waals surface area contributed by atoms with Crippen LogP contribution in [0.4, 0.5) is 0 Å². The standard InChI is InChI=1S/C18H28N2O/c1-15-18(14-19,9-12-21-15)20-10-7-17(8-11-20)13-16-5-3-2-4-6-16/h2-6,15,17H,7-14,19H2,1H3. The second kappa shape index (κ2) is 6.47. The van der Waals surface area contributed by atoms with Gasteiger partial charge in [0.2, 0.25) is 0 Å². The molecule has 0 radical (unpaired) electrons. The Kier molecular flexibility index (Phi) is 4.63. The van der Waals surface area contributed by atoms with Crippen molar-refractivity contribution in [1.29, 1.82) is 0 Å². The molecule has 0 bridgehead atoms. The number of nitrogens with zero attached hydrogens (tertiary/aromatic N) is 1. The molecule has 0 aromatic heterocycles. The van der Waals surface area contributed by atoms with E-state index in [1.807, 2.05) is 0 Å². The number of hydrogen-bond acceptors (Lipinski definition) is 3. The smallest absolute Gasteiger partial charge is 0.0743 e. The maximum absolute atomic E-state index is 6.13. The van der Waals surface area contributed by atoms with Crippen molar-refractivity contribution in [2.45, 2.75) is 44.2 Å². The minimum absolute atomic E-state index is 0.0950. The molecule has 3 heteroatoms. The lowest BCUT2D eigenvalue weighted by Gasteiger charge is -2.46. The van der Waals surface area contributed by atoms with Crippen molar-refractivity contribution in [2.24, 2.45) is 11.7 Å². The Balaban J connectivity index is 1.57. The average Bonchev–Trinajstić information content (AvgIpc) is 2.91. The lowest BCUT2D eigenvalue weighted by Crippen LogP contribution is -2.60. The van der Waals surface area contributed by atoms with Crippen molar-refractivity contribution in [3.63, 3.8) is 0 Å². The van der Waals surface area contributed by atoms with Crippen LogP contribution in [0.1, 0.15) is 31.7 Å². The van der Waals surface area contributed by atoms with E-state index in [1.165, 1.54) is 37.9 Å². The fraction of sp³-hybridized carbons (Fsp3) is 0.667. The molecule has 2 aliphatic rings. The molecule has 3 rings (SSSR count). The van der Waals surface area contributed by atoms with Gasteiger partial charge in [-0.2, -0.15) is 0 Å². The minimum atomic E-state index is 0.0950. The van der Waals surface area contributed by atoms with E-state index in [9.17, 15) is 0 Å². The first kappa shape index (κ1) is 15.0. The summed E-state index contributed by atoms with van der Waals surface area (Å²) in [6, 6.07) is 10.9. The molecule has 116 valence electrons. The molecule has 2 atom stereocenters. The van der Waals surface area contributed by atoms with Crippen molar-refractivity contribution in [3.05, 3.63) is 35.9 Å². The fourth-order valence-corrected chi connectivity index (χ4v) is 4.11. The first-order valence-corrected chi connectivity index (χ1v) is 8.35. The Morgan fingerprint density at radius 1 is 1.24 bits per heavy atom. The molecule has 2 N–H and O–H groups in total. The highest BCUT2D eigenvalue weighted by Gasteiger charge is 2.45. The Bertz CT molecular complexity index is 442. The number of hydrogen-bond donors (Lipinski definition) is 1. The van der Waals surface area contributed by atoms with Gasteiger partial charge in [-0.1, -0.05) is 30.3 Å². The molecule has 0 spiro atoms. The van der Waals surface area contributed by atoms with E-state index < -0.39 is 0 Å². The zero-order valence-electron chi connectivity index (χ0n) is 13.1. The van der Waals surface area contributed by atoms with E-state index in [-0.39, 0.29) is 11.6 Å². The summed E-state index contributed by atoms with van der Waals surface area (Å²) in [6.07, 6.45) is 5.14. The average molecular weight is 288 g/mol. The van der Waals surface area contributed by atoms with Crippen molar-refractivity contribution in [2.75, 3.05) is 26.2 Å². The van der Waals surface area contributed by atoms with Gasteiger partial charge in [0.05, 0.1) is 11.6 Å². The Hall–Kier alpha value is -0.900. The third-order valence-electron chi connectivity index (χ3n) is 5.62. The Morgan fingerprint density at radius 3 is 2.52 bits per heavy atom. The molecule has 2 heterocycles. The maximum Gasteiger partial charge on any atom is 0.0743 e. The zero-order valence-corrected chi connectivity index (χ0v) is 13.1. The second-order valence-corrected chi connectivity index (χ2v) is 6.69. The maximum atomic E-state index is 6.13. The first-order chi connectivity index (χ1) is 10.2. The molecular weight excluding hydrogens is 260 g/mol. The van der Waals surface area contributed by atoms with Gasteiger partial charge in [-0.05, 0) is 57.2 Å². The van der Waals surface area contributed by atoms with Crippen LogP contribution in [0.3, 0.4) is 0 Å². The zero-order chi connectivity index (χ0) is 14.7. The summed E-state index contributed by atoms with van der Waals surface area (Å²) in [5.41, 5.74) is 7.70. The summed E-state index contributed by atoms with van der Waals surface area (Å²) in [5, 5.41) is 0. The Morgan fingerprint density at radius 2 is 1.95 bits per heavy atom. The number of likely N-dealkylation sites (tertiary alicyclic amines) is 1. The number of nitrogens with two attached hydrogens (primary N) is 1. The van der Waals surface area contributed by atoms with Crippen LogP contribution in [0, 0.1) is 5.92 Å². The third kappa shape index (κ3) is 3.01. The number of piperidine rings is 1. The van der Waals surface area contributed by atoms with Crippen molar-refractivity contribution in [1.82, 2.24) is 4.90 Å². The lowest BCUT2D eigenvalue weighted by atomic mass is 9.84. The third-order valence-corrected chi connectivity index (χ3v) is 5.62. The quantitative estimate of drug-likeness (QED) is 0.925. The molecule has 2 saturated heterocycles. The molecule has 0 aliphatic carbocycles. The van der Waals surface area contributed by atoms with Crippen LogP contribution in [0.15, 0.2) is 30.3 Å². The monoisotopic (exact) mass is 288 g/mol. The van der Waals surface area contributed by atoms with Crippen LogP contribution in [0.2, 0.25) is 0 Å². The molecule has 1 aromatic carbocycles.